The van der Waals surface area contributed by atoms with Gasteiger partial charge in [-0.3, -0.25) is 4.79 Å². The van der Waals surface area contributed by atoms with E-state index in [1.807, 2.05) is 60.8 Å². The molecule has 1 N–H and O–H groups in total. The van der Waals surface area contributed by atoms with Crippen molar-refractivity contribution in [1.82, 2.24) is 4.98 Å². The average molecular weight is 302 g/mol. The van der Waals surface area contributed by atoms with Crippen LogP contribution in [0.2, 0.25) is 0 Å². The van der Waals surface area contributed by atoms with Crippen molar-refractivity contribution in [3.8, 4) is 6.07 Å². The number of hydrogen-bond acceptors (Lipinski definition) is 3. The molecule has 0 aliphatic rings. The first kappa shape index (κ1) is 14.6. The van der Waals surface area contributed by atoms with E-state index in [2.05, 4.69) is 11.1 Å². The predicted octanol–water partition coefficient (Wildman–Crippen LogP) is 4.12. The Hall–Kier alpha value is -3.32. The monoisotopic (exact) mass is 302 g/mol. The molecule has 0 aliphatic heterocycles. The van der Waals surface area contributed by atoms with E-state index in [-0.39, 0.29) is 5.76 Å². The number of nitriles is 1. The first-order valence-corrected chi connectivity index (χ1v) is 7.15. The molecule has 0 unspecified atom stereocenters. The third-order valence-electron chi connectivity index (χ3n) is 3.48. The molecule has 112 valence electrons. The second-order valence-corrected chi connectivity index (χ2v) is 5.02. The Morgan fingerprint density at radius 1 is 1.09 bits per heavy atom. The molecule has 4 nitrogen and oxygen atoms in total. The maximum absolute atomic E-state index is 11.6. The van der Waals surface area contributed by atoms with Gasteiger partial charge in [-0.2, -0.15) is 5.26 Å². The van der Waals surface area contributed by atoms with Crippen LogP contribution in [0.1, 0.15) is 18.1 Å². The average Bonchev–Trinajstić information content (AvgIpc) is 3.04. The zero-order valence-electron chi connectivity index (χ0n) is 12.5. The van der Waals surface area contributed by atoms with Crippen LogP contribution in [0.25, 0.3) is 22.2 Å². The maximum atomic E-state index is 11.6. The summed E-state index contributed by atoms with van der Waals surface area (Å²) < 4.78 is 5.42. The fourth-order valence-electron chi connectivity index (χ4n) is 2.51. The minimum Gasteiger partial charge on any atom is -0.425 e. The van der Waals surface area contributed by atoms with E-state index < -0.39 is 5.97 Å². The maximum Gasteiger partial charge on any atom is 0.308 e. The molecule has 3 aromatic rings. The number of aromatic amines is 1. The van der Waals surface area contributed by atoms with Gasteiger partial charge in [0.25, 0.3) is 0 Å². The minimum absolute atomic E-state index is 0.263. The van der Waals surface area contributed by atoms with Crippen molar-refractivity contribution in [3.05, 3.63) is 71.9 Å². The largest absolute Gasteiger partial charge is 0.425 e. The first-order chi connectivity index (χ1) is 11.2. The number of nitrogens with one attached hydrogen (secondary N) is 1. The number of rotatable bonds is 3. The van der Waals surface area contributed by atoms with Gasteiger partial charge in [0.15, 0.2) is 5.76 Å². The smallest absolute Gasteiger partial charge is 0.308 e. The summed E-state index contributed by atoms with van der Waals surface area (Å²) in [6, 6.07) is 18.9. The first-order valence-electron chi connectivity index (χ1n) is 7.15. The van der Waals surface area contributed by atoms with E-state index in [1.54, 1.807) is 0 Å². The molecule has 0 aliphatic carbocycles. The molecule has 23 heavy (non-hydrogen) atoms. The second-order valence-electron chi connectivity index (χ2n) is 5.02. The van der Waals surface area contributed by atoms with Crippen molar-refractivity contribution in [2.75, 3.05) is 0 Å². The number of aromatic nitrogens is 1. The zero-order valence-corrected chi connectivity index (χ0v) is 12.5. The highest BCUT2D eigenvalue weighted by Gasteiger charge is 2.18. The van der Waals surface area contributed by atoms with Crippen molar-refractivity contribution in [2.24, 2.45) is 0 Å². The topological polar surface area (TPSA) is 65.9 Å². The lowest BCUT2D eigenvalue weighted by Gasteiger charge is -2.12. The van der Waals surface area contributed by atoms with Crippen LogP contribution in [-0.2, 0) is 9.53 Å². The van der Waals surface area contributed by atoms with E-state index in [0.717, 1.165) is 10.9 Å². The predicted molar refractivity (Wildman–Crippen MR) is 88.9 cm³/mol. The number of fused-ring (bicyclic) bond motifs is 1. The molecule has 3 rings (SSSR count). The quantitative estimate of drug-likeness (QED) is 0.342. The molecular formula is C19H14N2O2. The molecule has 0 saturated heterocycles. The zero-order chi connectivity index (χ0) is 16.2. The van der Waals surface area contributed by atoms with Gasteiger partial charge in [0.2, 0.25) is 0 Å². The normalized spacial score (nSPS) is 11.7. The summed E-state index contributed by atoms with van der Waals surface area (Å²) in [7, 11) is 0. The van der Waals surface area contributed by atoms with Crippen LogP contribution in [0.15, 0.2) is 60.8 Å². The third-order valence-corrected chi connectivity index (χ3v) is 3.48. The fraction of sp³-hybridized carbons (Fsp3) is 0.0526. The Labute approximate surface area is 133 Å². The minimum atomic E-state index is -0.466. The number of ether oxygens (including phenoxy) is 1. The Morgan fingerprint density at radius 2 is 1.87 bits per heavy atom. The van der Waals surface area contributed by atoms with Crippen LogP contribution in [0.3, 0.4) is 0 Å². The summed E-state index contributed by atoms with van der Waals surface area (Å²) in [6.45, 7) is 1.33. The Bertz CT molecular complexity index is 931. The van der Waals surface area contributed by atoms with Gasteiger partial charge in [-0.1, -0.05) is 42.5 Å². The van der Waals surface area contributed by atoms with E-state index in [1.165, 1.54) is 6.92 Å². The number of esters is 1. The van der Waals surface area contributed by atoms with Gasteiger partial charge < -0.3 is 9.72 Å². The number of H-pyrrole nitrogens is 1. The Morgan fingerprint density at radius 3 is 2.57 bits per heavy atom. The summed E-state index contributed by atoms with van der Waals surface area (Å²) in [4.78, 5) is 14.7. The summed E-state index contributed by atoms with van der Waals surface area (Å²) >= 11 is 0. The van der Waals surface area contributed by atoms with Crippen molar-refractivity contribution in [2.45, 2.75) is 6.92 Å². The van der Waals surface area contributed by atoms with Gasteiger partial charge in [0.1, 0.15) is 11.6 Å². The van der Waals surface area contributed by atoms with Crippen LogP contribution >= 0.6 is 0 Å². The highest BCUT2D eigenvalue weighted by molar-refractivity contribution is 6.03. The standard InChI is InChI=1S/C19H14N2O2/c1-13(22)23-19(17(12-20)14-6-3-2-4-7-14)16-9-5-8-15-10-11-21-18(15)16/h2-11,21H,1H3. The van der Waals surface area contributed by atoms with E-state index in [0.29, 0.717) is 16.7 Å². The van der Waals surface area contributed by atoms with Crippen LogP contribution in [-0.4, -0.2) is 11.0 Å². The molecule has 0 fully saturated rings. The summed E-state index contributed by atoms with van der Waals surface area (Å²) in [5.74, 6) is -0.202. The SMILES string of the molecule is CC(=O)OC(=C(C#N)c1ccccc1)c1cccc2cc[nH]c12. The van der Waals surface area contributed by atoms with E-state index in [4.69, 9.17) is 4.74 Å². The lowest BCUT2D eigenvalue weighted by atomic mass is 10.0. The van der Waals surface area contributed by atoms with Crippen LogP contribution in [0, 0.1) is 11.3 Å². The molecular weight excluding hydrogens is 288 g/mol. The summed E-state index contributed by atoms with van der Waals surface area (Å²) in [5.41, 5.74) is 2.54. The van der Waals surface area contributed by atoms with Crippen LogP contribution < -0.4 is 0 Å². The van der Waals surface area contributed by atoms with Gasteiger partial charge in [-0.05, 0) is 17.7 Å². The Kier molecular flexibility index (Phi) is 3.94. The summed E-state index contributed by atoms with van der Waals surface area (Å²) in [5, 5.41) is 10.6. The molecule has 0 bridgehead atoms. The third kappa shape index (κ3) is 2.85. The van der Waals surface area contributed by atoms with Crippen LogP contribution in [0.5, 0.6) is 0 Å². The van der Waals surface area contributed by atoms with Crippen molar-refractivity contribution in [3.63, 3.8) is 0 Å². The molecule has 0 atom stereocenters. The van der Waals surface area contributed by atoms with Gasteiger partial charge in [-0.15, -0.1) is 0 Å². The van der Waals surface area contributed by atoms with Gasteiger partial charge in [0.05, 0.1) is 5.52 Å². The molecule has 0 saturated carbocycles. The number of hydrogen-bond donors (Lipinski definition) is 1. The molecule has 2 aromatic carbocycles. The molecule has 1 aromatic heterocycles. The molecule has 1 heterocycles. The number of allylic oxidation sites excluding steroid dienone is 1. The number of carbonyl (C=O) groups excluding carboxylic acids is 1. The summed E-state index contributed by atoms with van der Waals surface area (Å²) in [6.07, 6.45) is 1.81. The highest BCUT2D eigenvalue weighted by atomic mass is 16.5. The van der Waals surface area contributed by atoms with E-state index >= 15 is 0 Å². The second kappa shape index (κ2) is 6.20. The van der Waals surface area contributed by atoms with Crippen molar-refractivity contribution in [1.29, 1.82) is 5.26 Å². The number of nitrogens with zero attached hydrogens (tertiary/aromatic N) is 1. The van der Waals surface area contributed by atoms with Gasteiger partial charge >= 0.3 is 5.97 Å². The van der Waals surface area contributed by atoms with Gasteiger partial charge in [0, 0.05) is 24.1 Å². The molecule has 0 spiro atoms. The van der Waals surface area contributed by atoms with Gasteiger partial charge in [-0.25, -0.2) is 0 Å². The lowest BCUT2D eigenvalue weighted by Crippen LogP contribution is -2.02. The molecule has 4 heteroatoms. The Balaban J connectivity index is 2.30. The molecule has 0 amide bonds. The lowest BCUT2D eigenvalue weighted by molar-refractivity contribution is -0.134. The number of benzene rings is 2. The van der Waals surface area contributed by atoms with E-state index in [9.17, 15) is 10.1 Å². The van der Waals surface area contributed by atoms with Crippen molar-refractivity contribution >= 4 is 28.2 Å². The fourth-order valence-corrected chi connectivity index (χ4v) is 2.51. The van der Waals surface area contributed by atoms with Crippen LogP contribution in [0.4, 0.5) is 0 Å². The number of carbonyl (C=O) groups is 1. The van der Waals surface area contributed by atoms with Crippen molar-refractivity contribution < 1.29 is 9.53 Å². The molecule has 0 radical (unpaired) electrons. The highest BCUT2D eigenvalue weighted by Crippen LogP contribution is 2.31. The number of para-hydroxylation sites is 1.